The van der Waals surface area contributed by atoms with Gasteiger partial charge in [-0.15, -0.1) is 0 Å². The predicted molar refractivity (Wildman–Crippen MR) is 147 cm³/mol. The second-order valence-electron chi connectivity index (χ2n) is 10.5. The van der Waals surface area contributed by atoms with E-state index in [1.54, 1.807) is 46.0 Å². The number of amides is 2. The average Bonchev–Trinajstić information content (AvgIpc) is 3.31. The predicted octanol–water partition coefficient (Wildman–Crippen LogP) is 5.40. The summed E-state index contributed by atoms with van der Waals surface area (Å²) in [6.45, 7) is 6.42. The number of hydrogen-bond acceptors (Lipinski definition) is 8. The molecule has 1 aliphatic rings. The van der Waals surface area contributed by atoms with Crippen molar-refractivity contribution in [2.45, 2.75) is 45.3 Å². The Balaban J connectivity index is 1.42. The van der Waals surface area contributed by atoms with Crippen LogP contribution in [-0.4, -0.2) is 55.5 Å². The van der Waals surface area contributed by atoms with Crippen LogP contribution in [0.5, 0.6) is 5.75 Å². The van der Waals surface area contributed by atoms with Crippen LogP contribution >= 0.6 is 0 Å². The number of nitrogens with two attached hydrogens (primary N) is 1. The molecule has 1 unspecified atom stereocenters. The Morgan fingerprint density at radius 2 is 1.90 bits per heavy atom. The minimum Gasteiger partial charge on any atom is -0.444 e. The van der Waals surface area contributed by atoms with E-state index in [2.05, 4.69) is 15.3 Å². The number of halogens is 1. The molecule has 0 spiro atoms. The highest BCUT2D eigenvalue weighted by molar-refractivity contribution is 5.98. The zero-order chi connectivity index (χ0) is 28.4. The molecule has 2 aromatic heterocycles. The maximum Gasteiger partial charge on any atom is 0.417 e. The fraction of sp³-hybridized carbons (Fsp3) is 0.321. The second-order valence-corrected chi connectivity index (χ2v) is 10.5. The summed E-state index contributed by atoms with van der Waals surface area (Å²) in [4.78, 5) is 35.2. The molecule has 208 valence electrons. The SMILES string of the molecule is CC(C)(C)OC(=O)N1CCCC(n2nc(-c3ccc(NC(=O)Oc4ccccc4)c(F)c3)c3c(N)ncnc32)C1. The lowest BCUT2D eigenvalue weighted by atomic mass is 10.1. The first-order valence-electron chi connectivity index (χ1n) is 12.9. The molecule has 3 N–H and O–H groups in total. The number of rotatable bonds is 4. The Hall–Kier alpha value is -4.74. The van der Waals surface area contributed by atoms with Gasteiger partial charge in [-0.1, -0.05) is 24.3 Å². The monoisotopic (exact) mass is 547 g/mol. The van der Waals surface area contributed by atoms with Crippen LogP contribution in [0.2, 0.25) is 0 Å². The highest BCUT2D eigenvalue weighted by Crippen LogP contribution is 2.35. The lowest BCUT2D eigenvalue weighted by Crippen LogP contribution is -2.43. The molecule has 0 saturated carbocycles. The summed E-state index contributed by atoms with van der Waals surface area (Å²) in [6.07, 6.45) is 1.63. The van der Waals surface area contributed by atoms with Crippen LogP contribution in [0.15, 0.2) is 54.9 Å². The summed E-state index contributed by atoms with van der Waals surface area (Å²) in [5, 5.41) is 7.66. The Kier molecular flexibility index (Phi) is 7.24. The molecule has 40 heavy (non-hydrogen) atoms. The first-order valence-corrected chi connectivity index (χ1v) is 12.9. The van der Waals surface area contributed by atoms with Gasteiger partial charge in [0.05, 0.1) is 17.1 Å². The van der Waals surface area contributed by atoms with Gasteiger partial charge in [0.1, 0.15) is 35.0 Å². The number of aromatic nitrogens is 4. The number of nitrogens with zero attached hydrogens (tertiary/aromatic N) is 5. The Morgan fingerprint density at radius 1 is 1.12 bits per heavy atom. The number of nitrogen functional groups attached to an aromatic ring is 1. The number of anilines is 2. The molecular weight excluding hydrogens is 517 g/mol. The summed E-state index contributed by atoms with van der Waals surface area (Å²) < 4.78 is 27.6. The van der Waals surface area contributed by atoms with E-state index in [1.165, 1.54) is 18.5 Å². The fourth-order valence-corrected chi connectivity index (χ4v) is 4.59. The number of piperidine rings is 1. The zero-order valence-electron chi connectivity index (χ0n) is 22.4. The van der Waals surface area contributed by atoms with Crippen molar-refractivity contribution >= 4 is 34.7 Å². The van der Waals surface area contributed by atoms with Crippen LogP contribution in [0.3, 0.4) is 0 Å². The zero-order valence-corrected chi connectivity index (χ0v) is 22.4. The third kappa shape index (κ3) is 5.80. The van der Waals surface area contributed by atoms with Crippen molar-refractivity contribution in [3.8, 4) is 17.0 Å². The first kappa shape index (κ1) is 26.9. The highest BCUT2D eigenvalue weighted by Gasteiger charge is 2.31. The lowest BCUT2D eigenvalue weighted by molar-refractivity contribution is 0.0169. The number of benzene rings is 2. The molecule has 1 atom stereocenters. The number of fused-ring (bicyclic) bond motifs is 1. The molecule has 12 heteroatoms. The summed E-state index contributed by atoms with van der Waals surface area (Å²) >= 11 is 0. The molecule has 1 aliphatic heterocycles. The number of hydrogen-bond donors (Lipinski definition) is 2. The van der Waals surface area contributed by atoms with Gasteiger partial charge in [0.15, 0.2) is 5.65 Å². The quantitative estimate of drug-likeness (QED) is 0.347. The van der Waals surface area contributed by atoms with E-state index in [0.29, 0.717) is 41.1 Å². The first-order chi connectivity index (χ1) is 19.1. The molecule has 2 aromatic carbocycles. The van der Waals surface area contributed by atoms with Gasteiger partial charge in [0, 0.05) is 18.7 Å². The highest BCUT2D eigenvalue weighted by atomic mass is 19.1. The van der Waals surface area contributed by atoms with Crippen LogP contribution in [0.1, 0.15) is 39.7 Å². The van der Waals surface area contributed by atoms with Gasteiger partial charge in [0.2, 0.25) is 0 Å². The van der Waals surface area contributed by atoms with Crippen molar-refractivity contribution in [1.82, 2.24) is 24.6 Å². The molecule has 2 amide bonds. The minimum absolute atomic E-state index is 0.0575. The van der Waals surface area contributed by atoms with E-state index in [1.807, 2.05) is 20.8 Å². The molecule has 4 aromatic rings. The van der Waals surface area contributed by atoms with Gasteiger partial charge in [-0.05, 0) is 57.9 Å². The topological polar surface area (TPSA) is 137 Å². The van der Waals surface area contributed by atoms with Gasteiger partial charge in [0.25, 0.3) is 0 Å². The van der Waals surface area contributed by atoms with E-state index in [-0.39, 0.29) is 23.6 Å². The van der Waals surface area contributed by atoms with E-state index in [4.69, 9.17) is 20.3 Å². The number of carbonyl (C=O) groups excluding carboxylic acids is 2. The smallest absolute Gasteiger partial charge is 0.417 e. The Morgan fingerprint density at radius 3 is 2.62 bits per heavy atom. The molecule has 3 heterocycles. The number of likely N-dealkylation sites (tertiary alicyclic amines) is 1. The summed E-state index contributed by atoms with van der Waals surface area (Å²) in [7, 11) is 0. The number of nitrogens with one attached hydrogen (secondary N) is 1. The van der Waals surface area contributed by atoms with Crippen LogP contribution in [0.25, 0.3) is 22.3 Å². The van der Waals surface area contributed by atoms with Crippen molar-refractivity contribution in [1.29, 1.82) is 0 Å². The van der Waals surface area contributed by atoms with Gasteiger partial charge in [-0.3, -0.25) is 5.32 Å². The summed E-state index contributed by atoms with van der Waals surface area (Å²) in [6, 6.07) is 12.6. The van der Waals surface area contributed by atoms with Crippen molar-refractivity contribution in [2.75, 3.05) is 24.1 Å². The molecule has 5 rings (SSSR count). The van der Waals surface area contributed by atoms with E-state index >= 15 is 4.39 Å². The van der Waals surface area contributed by atoms with Crippen LogP contribution < -0.4 is 15.8 Å². The fourth-order valence-electron chi connectivity index (χ4n) is 4.59. The Labute approximate surface area is 230 Å². The molecule has 0 bridgehead atoms. The van der Waals surface area contributed by atoms with Gasteiger partial charge in [-0.2, -0.15) is 5.10 Å². The Bertz CT molecular complexity index is 1550. The van der Waals surface area contributed by atoms with Crippen LogP contribution in [0, 0.1) is 5.82 Å². The van der Waals surface area contributed by atoms with Gasteiger partial charge < -0.3 is 20.1 Å². The normalized spacial score (nSPS) is 15.6. The maximum absolute atomic E-state index is 15.1. The molecule has 1 fully saturated rings. The number of ether oxygens (including phenoxy) is 2. The van der Waals surface area contributed by atoms with Crippen molar-refractivity contribution in [3.63, 3.8) is 0 Å². The maximum atomic E-state index is 15.1. The van der Waals surface area contributed by atoms with E-state index in [9.17, 15) is 9.59 Å². The average molecular weight is 548 g/mol. The van der Waals surface area contributed by atoms with Crippen LogP contribution in [0.4, 0.5) is 25.5 Å². The molecule has 1 saturated heterocycles. The minimum atomic E-state index is -0.822. The largest absolute Gasteiger partial charge is 0.444 e. The third-order valence-electron chi connectivity index (χ3n) is 6.35. The molecule has 0 aliphatic carbocycles. The number of para-hydroxylation sites is 1. The second kappa shape index (κ2) is 10.8. The lowest BCUT2D eigenvalue weighted by Gasteiger charge is -2.34. The van der Waals surface area contributed by atoms with E-state index < -0.39 is 17.5 Å². The van der Waals surface area contributed by atoms with Gasteiger partial charge in [-0.25, -0.2) is 28.6 Å². The summed E-state index contributed by atoms with van der Waals surface area (Å²) in [5.74, 6) is -0.160. The van der Waals surface area contributed by atoms with Crippen molar-refractivity contribution < 1.29 is 23.5 Å². The number of carbonyl (C=O) groups is 2. The molecule has 11 nitrogen and oxygen atoms in total. The molecule has 0 radical (unpaired) electrons. The summed E-state index contributed by atoms with van der Waals surface area (Å²) in [5.41, 5.74) is 6.85. The van der Waals surface area contributed by atoms with E-state index in [0.717, 1.165) is 12.8 Å². The molecular formula is C28H30FN7O4. The van der Waals surface area contributed by atoms with Crippen molar-refractivity contribution in [3.05, 3.63) is 60.7 Å². The van der Waals surface area contributed by atoms with Crippen molar-refractivity contribution in [2.24, 2.45) is 0 Å². The van der Waals surface area contributed by atoms with Crippen LogP contribution in [-0.2, 0) is 4.74 Å². The third-order valence-corrected chi connectivity index (χ3v) is 6.35. The van der Waals surface area contributed by atoms with Gasteiger partial charge >= 0.3 is 12.2 Å². The standard InChI is InChI=1S/C28H30FN7O4/c1-28(2,3)40-27(38)35-13-7-8-18(15-35)36-25-22(24(30)31-16-32-25)23(34-36)17-11-12-21(20(29)14-17)33-26(37)39-19-9-5-4-6-10-19/h4-6,9-12,14,16,18H,7-8,13,15H2,1-3H3,(H,33,37)(H2,30,31,32).